The second-order valence-electron chi connectivity index (χ2n) is 19.1. The molecule has 0 aliphatic carbocycles. The van der Waals surface area contributed by atoms with Crippen LogP contribution in [0.5, 0.6) is 23.0 Å². The van der Waals surface area contributed by atoms with Crippen LogP contribution in [-0.4, -0.2) is 100 Å². The Bertz CT molecular complexity index is 2190. The molecule has 0 amide bonds. The number of esters is 2. The van der Waals surface area contributed by atoms with E-state index in [9.17, 15) is 28.9 Å². The first-order chi connectivity index (χ1) is 32.1. The van der Waals surface area contributed by atoms with Gasteiger partial charge in [-0.2, -0.15) is 0 Å². The van der Waals surface area contributed by atoms with E-state index in [4.69, 9.17) is 46.5 Å². The van der Waals surface area contributed by atoms with Gasteiger partial charge in [0.2, 0.25) is 0 Å². The van der Waals surface area contributed by atoms with Crippen LogP contribution in [0.2, 0.25) is 25.7 Å². The molecule has 0 atom stereocenters. The average Bonchev–Trinajstić information content (AvgIpc) is 3.82. The fourth-order valence-electron chi connectivity index (χ4n) is 7.10. The van der Waals surface area contributed by atoms with E-state index in [2.05, 4.69) is 35.6 Å². The number of halogens is 1. The highest BCUT2D eigenvalue weighted by Crippen LogP contribution is 2.52. The maximum Gasteiger partial charge on any atom is 0.356 e. The van der Waals surface area contributed by atoms with E-state index < -0.39 is 29.2 Å². The summed E-state index contributed by atoms with van der Waals surface area (Å²) >= 11 is 3.12. The van der Waals surface area contributed by atoms with Gasteiger partial charge in [0.1, 0.15) is 58.8 Å². The van der Waals surface area contributed by atoms with Gasteiger partial charge in [-0.05, 0) is 113 Å². The first-order valence-corrected chi connectivity index (χ1v) is 31.4. The number of carbonyl (C=O) groups excluding carboxylic acids is 2. The number of ether oxygens (including phenoxy) is 6. The third kappa shape index (κ3) is 19.8. The first kappa shape index (κ1) is 65.0. The van der Waals surface area contributed by atoms with Crippen molar-refractivity contribution in [1.82, 2.24) is 0 Å². The molecular formula is C50H83BrO16P2Si. The largest absolute Gasteiger partial charge is 0.507 e. The van der Waals surface area contributed by atoms with Crippen LogP contribution in [0.3, 0.4) is 0 Å². The smallest absolute Gasteiger partial charge is 0.356 e. The standard InChI is InChI=1S/C22H33O8P.C20H30O5Si.C7H16BrO3P.CH4/c1-13(2)29-31(25,30-14(3)4)12-27-10-15(5)8-9-17-20(23)19-18(11-28-22(19)24)16(6)21(17)26-7;1-13(11-21)7-8-15-18(23-3)14(2)16-12-25-20(22)17(16)19(15)24-9-10-26(4,5)6;1-6(2)10-12(9,5-8)11-7(3)4;/h8,13-14,23H,9-12H2,1-7H3;7,21H,8-12H2,1-6H3;6-7H,5H2,1-4H3;1H4/b15-8+;13-7+;;. The van der Waals surface area contributed by atoms with Gasteiger partial charge in [0, 0.05) is 30.3 Å². The molecule has 0 fully saturated rings. The number of carbonyl (C=O) groups is 2. The normalized spacial score (nSPS) is 13.9. The number of allylic oxidation sites excluding steroid dienone is 2. The number of aromatic hydroxyl groups is 1. The van der Waals surface area contributed by atoms with Crippen LogP contribution in [0, 0.1) is 13.8 Å². The zero-order chi connectivity index (χ0) is 52.6. The summed E-state index contributed by atoms with van der Waals surface area (Å²) in [6.07, 6.45) is 3.83. The molecule has 0 unspecified atom stereocenters. The quantitative estimate of drug-likeness (QED) is 0.0330. The minimum atomic E-state index is -3.37. The van der Waals surface area contributed by atoms with Crippen molar-refractivity contribution in [1.29, 1.82) is 0 Å². The summed E-state index contributed by atoms with van der Waals surface area (Å²) in [5.74, 6) is 0.842. The van der Waals surface area contributed by atoms with Crippen LogP contribution >= 0.6 is 31.1 Å². The number of hydrogen-bond acceptors (Lipinski definition) is 16. The number of cyclic esters (lactones) is 2. The zero-order valence-corrected chi connectivity index (χ0v) is 48.3. The minimum absolute atomic E-state index is 0. The molecule has 2 heterocycles. The highest BCUT2D eigenvalue weighted by molar-refractivity contribution is 9.10. The Labute approximate surface area is 427 Å². The predicted octanol–water partition coefficient (Wildman–Crippen LogP) is 12.8. The lowest BCUT2D eigenvalue weighted by Crippen LogP contribution is -2.23. The monoisotopic (exact) mass is 1110 g/mol. The lowest BCUT2D eigenvalue weighted by molar-refractivity contribution is 0.0523. The van der Waals surface area contributed by atoms with Crippen molar-refractivity contribution in [2.75, 3.05) is 45.5 Å². The van der Waals surface area contributed by atoms with Crippen LogP contribution in [0.4, 0.5) is 0 Å². The molecule has 0 saturated heterocycles. The van der Waals surface area contributed by atoms with E-state index in [1.54, 1.807) is 34.8 Å². The third-order valence-electron chi connectivity index (χ3n) is 10.1. The molecular weight excluding hydrogens is 1030 g/mol. The van der Waals surface area contributed by atoms with Gasteiger partial charge in [-0.1, -0.05) is 66.3 Å². The summed E-state index contributed by atoms with van der Waals surface area (Å²) < 4.78 is 79.1. The molecule has 0 aromatic heterocycles. The molecule has 0 radical (unpaired) electrons. The van der Waals surface area contributed by atoms with E-state index in [0.29, 0.717) is 47.6 Å². The Kier molecular flexibility index (Phi) is 27.5. The van der Waals surface area contributed by atoms with Crippen LogP contribution in [0.1, 0.15) is 131 Å². The summed E-state index contributed by atoms with van der Waals surface area (Å²) in [5.41, 5.74) is 6.98. The Morgan fingerprint density at radius 3 is 1.59 bits per heavy atom. The zero-order valence-electron chi connectivity index (χ0n) is 43.9. The number of phenolic OH excluding ortho intramolecular Hbond substituents is 1. The molecule has 0 bridgehead atoms. The van der Waals surface area contributed by atoms with Crippen molar-refractivity contribution in [3.63, 3.8) is 0 Å². The molecule has 2 aromatic rings. The van der Waals surface area contributed by atoms with Gasteiger partial charge in [-0.3, -0.25) is 9.13 Å². The van der Waals surface area contributed by atoms with E-state index in [1.165, 1.54) is 7.11 Å². The van der Waals surface area contributed by atoms with Gasteiger partial charge in [0.05, 0.1) is 58.5 Å². The number of alkyl halides is 1. The van der Waals surface area contributed by atoms with E-state index in [1.807, 2.05) is 67.5 Å². The van der Waals surface area contributed by atoms with Gasteiger partial charge >= 0.3 is 27.1 Å². The lowest BCUT2D eigenvalue weighted by atomic mass is 9.95. The number of rotatable bonds is 24. The van der Waals surface area contributed by atoms with E-state index in [0.717, 1.165) is 45.2 Å². The van der Waals surface area contributed by atoms with Crippen molar-refractivity contribution in [3.05, 3.63) is 67.8 Å². The second kappa shape index (κ2) is 29.6. The van der Waals surface area contributed by atoms with Crippen LogP contribution in [0.15, 0.2) is 23.3 Å². The van der Waals surface area contributed by atoms with Gasteiger partial charge in [0.15, 0.2) is 0 Å². The molecule has 2 N–H and O–H groups in total. The molecule has 0 spiro atoms. The first-order valence-electron chi connectivity index (χ1n) is 23.2. The van der Waals surface area contributed by atoms with Gasteiger partial charge in [-0.25, -0.2) is 9.59 Å². The van der Waals surface area contributed by atoms with Crippen LogP contribution in [0.25, 0.3) is 0 Å². The van der Waals surface area contributed by atoms with Crippen molar-refractivity contribution in [2.45, 2.75) is 167 Å². The van der Waals surface area contributed by atoms with Crippen molar-refractivity contribution >= 4 is 51.1 Å². The van der Waals surface area contributed by atoms with E-state index >= 15 is 0 Å². The van der Waals surface area contributed by atoms with Crippen molar-refractivity contribution in [2.24, 2.45) is 0 Å². The molecule has 20 heteroatoms. The molecule has 70 heavy (non-hydrogen) atoms. The number of hydrogen-bond donors (Lipinski definition) is 2. The molecule has 0 saturated carbocycles. The van der Waals surface area contributed by atoms with Gasteiger partial charge in [0.25, 0.3) is 0 Å². The highest BCUT2D eigenvalue weighted by atomic mass is 79.9. The van der Waals surface area contributed by atoms with Crippen molar-refractivity contribution < 1.29 is 75.4 Å². The Morgan fingerprint density at radius 1 is 0.714 bits per heavy atom. The molecule has 2 aliphatic heterocycles. The maximum absolute atomic E-state index is 12.8. The summed E-state index contributed by atoms with van der Waals surface area (Å²) in [6.45, 7) is 30.0. The summed E-state index contributed by atoms with van der Waals surface area (Å²) in [4.78, 5) is 24.4. The second-order valence-corrected chi connectivity index (χ2v) is 30.0. The van der Waals surface area contributed by atoms with Crippen LogP contribution < -0.4 is 14.2 Å². The molecule has 2 aromatic carbocycles. The fraction of sp³-hybridized carbons (Fsp3) is 0.640. The van der Waals surface area contributed by atoms with E-state index in [-0.39, 0.29) is 87.0 Å². The predicted molar refractivity (Wildman–Crippen MR) is 282 cm³/mol. The molecule has 2 aliphatic rings. The van der Waals surface area contributed by atoms with Gasteiger partial charge in [-0.15, -0.1) is 0 Å². The molecule has 400 valence electrons. The summed E-state index contributed by atoms with van der Waals surface area (Å²) in [6, 6.07) is 0.998. The Balaban J connectivity index is 0.000000568. The topological polar surface area (TPSA) is 201 Å². The Hall–Kier alpha value is -3.02. The molecule has 4 rings (SSSR count). The summed E-state index contributed by atoms with van der Waals surface area (Å²) in [5, 5.41) is 20.2. The average molecular weight is 1110 g/mol. The molecule has 16 nitrogen and oxygen atoms in total. The van der Waals surface area contributed by atoms with Gasteiger partial charge < -0.3 is 56.7 Å². The fourth-order valence-corrected chi connectivity index (χ4v) is 11.7. The SMILES string of the molecule is C.CC(C)OP(=O)(CBr)OC(C)C.COc1c(C)c2c(c(O)c1C/C=C(\C)COCP(=O)(OC(C)C)OC(C)C)C(=O)OC2.COc1c(C)c2c(c(OCC[Si](C)(C)C)c1C/C=C(\C)CO)C(=O)OC2. The minimum Gasteiger partial charge on any atom is -0.507 e. The number of aliphatic hydroxyl groups excluding tert-OH is 1. The number of benzene rings is 2. The van der Waals surface area contributed by atoms with Crippen LogP contribution in [-0.2, 0) is 67.5 Å². The van der Waals surface area contributed by atoms with Crippen molar-refractivity contribution in [3.8, 4) is 23.0 Å². The maximum atomic E-state index is 12.8. The summed E-state index contributed by atoms with van der Waals surface area (Å²) in [7, 11) is -4.38. The number of phenols is 1. The Morgan fingerprint density at radius 2 is 1.14 bits per heavy atom. The third-order valence-corrected chi connectivity index (χ3v) is 17.5. The number of aliphatic hydroxyl groups is 1. The lowest BCUT2D eigenvalue weighted by Gasteiger charge is -2.22. The number of fused-ring (bicyclic) bond motifs is 2. The number of methoxy groups -OCH3 is 2. The highest BCUT2D eigenvalue weighted by Gasteiger charge is 2.35.